The Morgan fingerprint density at radius 1 is 1.15 bits per heavy atom. The van der Waals surface area contributed by atoms with Gasteiger partial charge in [-0.25, -0.2) is 8.42 Å². The summed E-state index contributed by atoms with van der Waals surface area (Å²) in [5.41, 5.74) is 2.32. The van der Waals surface area contributed by atoms with Crippen LogP contribution in [0.1, 0.15) is 16.7 Å². The van der Waals surface area contributed by atoms with Crippen LogP contribution >= 0.6 is 0 Å². The fourth-order valence-electron chi connectivity index (χ4n) is 2.54. The summed E-state index contributed by atoms with van der Waals surface area (Å²) in [6.07, 6.45) is 1.55. The first kappa shape index (κ1) is 19.9. The molecule has 0 aromatic heterocycles. The number of carbonyl (C=O) groups excluding carboxylic acids is 1. The quantitative estimate of drug-likeness (QED) is 0.725. The molecule has 0 aliphatic heterocycles. The molecule has 1 N–H and O–H groups in total. The minimum Gasteiger partial charge on any atom is -0.351 e. The SMILES string of the molecule is C=CCNC(=O)CN(Cc1ccccc1)S(=O)(=O)c1cc(C)ccc1C. The lowest BCUT2D eigenvalue weighted by Gasteiger charge is -2.23. The summed E-state index contributed by atoms with van der Waals surface area (Å²) in [4.78, 5) is 12.4. The number of hydrogen-bond acceptors (Lipinski definition) is 3. The molecule has 2 rings (SSSR count). The molecule has 26 heavy (non-hydrogen) atoms. The topological polar surface area (TPSA) is 66.5 Å². The van der Waals surface area contributed by atoms with Crippen molar-refractivity contribution in [1.29, 1.82) is 0 Å². The number of sulfonamides is 1. The summed E-state index contributed by atoms with van der Waals surface area (Å²) >= 11 is 0. The molecule has 0 aliphatic carbocycles. The Kier molecular flexibility index (Phi) is 6.71. The van der Waals surface area contributed by atoms with Gasteiger partial charge in [-0.15, -0.1) is 6.58 Å². The van der Waals surface area contributed by atoms with Crippen LogP contribution in [0.3, 0.4) is 0 Å². The maximum absolute atomic E-state index is 13.2. The molecule has 6 heteroatoms. The molecule has 0 fully saturated rings. The average Bonchev–Trinajstić information content (AvgIpc) is 2.62. The zero-order chi connectivity index (χ0) is 19.2. The summed E-state index contributed by atoms with van der Waals surface area (Å²) < 4.78 is 27.7. The van der Waals surface area contributed by atoms with Gasteiger partial charge in [-0.05, 0) is 36.6 Å². The zero-order valence-electron chi connectivity index (χ0n) is 15.1. The highest BCUT2D eigenvalue weighted by molar-refractivity contribution is 7.89. The van der Waals surface area contributed by atoms with E-state index in [1.165, 1.54) is 4.31 Å². The van der Waals surface area contributed by atoms with Crippen LogP contribution in [0.25, 0.3) is 0 Å². The molecule has 0 radical (unpaired) electrons. The molecule has 0 saturated heterocycles. The Bertz CT molecular complexity index is 877. The molecule has 138 valence electrons. The first-order valence-corrected chi connectivity index (χ1v) is 9.77. The first-order valence-electron chi connectivity index (χ1n) is 8.33. The van der Waals surface area contributed by atoms with Crippen LogP contribution in [-0.2, 0) is 21.4 Å². The maximum Gasteiger partial charge on any atom is 0.244 e. The Morgan fingerprint density at radius 3 is 2.50 bits per heavy atom. The minimum atomic E-state index is -3.83. The number of carbonyl (C=O) groups is 1. The lowest BCUT2D eigenvalue weighted by atomic mass is 10.2. The van der Waals surface area contributed by atoms with Crippen molar-refractivity contribution in [2.75, 3.05) is 13.1 Å². The third-order valence-electron chi connectivity index (χ3n) is 3.93. The van der Waals surface area contributed by atoms with Gasteiger partial charge in [0.2, 0.25) is 15.9 Å². The molecular formula is C20H24N2O3S. The smallest absolute Gasteiger partial charge is 0.244 e. The van der Waals surface area contributed by atoms with Gasteiger partial charge in [0.25, 0.3) is 0 Å². The lowest BCUT2D eigenvalue weighted by Crippen LogP contribution is -2.40. The predicted octanol–water partition coefficient (Wildman–Crippen LogP) is 2.80. The molecule has 0 aliphatic rings. The zero-order valence-corrected chi connectivity index (χ0v) is 15.9. The second kappa shape index (κ2) is 8.78. The highest BCUT2D eigenvalue weighted by Gasteiger charge is 2.28. The van der Waals surface area contributed by atoms with Crippen LogP contribution in [-0.4, -0.2) is 31.7 Å². The number of hydrogen-bond donors (Lipinski definition) is 1. The Balaban J connectivity index is 2.39. The average molecular weight is 372 g/mol. The van der Waals surface area contributed by atoms with Crippen molar-refractivity contribution < 1.29 is 13.2 Å². The van der Waals surface area contributed by atoms with E-state index in [-0.39, 0.29) is 23.9 Å². The van der Waals surface area contributed by atoms with E-state index in [1.807, 2.05) is 43.3 Å². The highest BCUT2D eigenvalue weighted by atomic mass is 32.2. The molecule has 2 aromatic rings. The second-order valence-corrected chi connectivity index (χ2v) is 8.03. The fourth-order valence-corrected chi connectivity index (χ4v) is 4.23. The van der Waals surface area contributed by atoms with Crippen molar-refractivity contribution in [2.45, 2.75) is 25.3 Å². The van der Waals surface area contributed by atoms with E-state index < -0.39 is 10.0 Å². The van der Waals surface area contributed by atoms with E-state index >= 15 is 0 Å². The van der Waals surface area contributed by atoms with E-state index in [4.69, 9.17) is 0 Å². The maximum atomic E-state index is 13.2. The molecule has 0 unspecified atom stereocenters. The van der Waals surface area contributed by atoms with Crippen molar-refractivity contribution in [2.24, 2.45) is 0 Å². The second-order valence-electron chi connectivity index (χ2n) is 6.12. The van der Waals surface area contributed by atoms with Crippen LogP contribution in [0, 0.1) is 13.8 Å². The molecule has 1 amide bonds. The normalized spacial score (nSPS) is 11.3. The number of nitrogens with zero attached hydrogens (tertiary/aromatic N) is 1. The third kappa shape index (κ3) is 5.03. The van der Waals surface area contributed by atoms with Crippen LogP contribution < -0.4 is 5.32 Å². The monoisotopic (exact) mass is 372 g/mol. The third-order valence-corrected chi connectivity index (χ3v) is 5.86. The van der Waals surface area contributed by atoms with Gasteiger partial charge < -0.3 is 5.32 Å². The van der Waals surface area contributed by atoms with E-state index in [0.29, 0.717) is 12.1 Å². The molecule has 0 spiro atoms. The Hall–Kier alpha value is -2.44. The summed E-state index contributed by atoms with van der Waals surface area (Å²) in [6, 6.07) is 14.5. The number of amides is 1. The van der Waals surface area contributed by atoms with Crippen molar-refractivity contribution in [3.63, 3.8) is 0 Å². The van der Waals surface area contributed by atoms with Crippen LogP contribution in [0.15, 0.2) is 66.1 Å². The summed E-state index contributed by atoms with van der Waals surface area (Å²) in [6.45, 7) is 7.31. The predicted molar refractivity (Wildman–Crippen MR) is 103 cm³/mol. The van der Waals surface area contributed by atoms with Gasteiger partial charge in [0.05, 0.1) is 11.4 Å². The van der Waals surface area contributed by atoms with Crippen LogP contribution in [0.2, 0.25) is 0 Å². The molecule has 0 heterocycles. The molecule has 2 aromatic carbocycles. The van der Waals surface area contributed by atoms with Crippen molar-refractivity contribution in [3.8, 4) is 0 Å². The largest absolute Gasteiger partial charge is 0.351 e. The van der Waals surface area contributed by atoms with Gasteiger partial charge in [-0.2, -0.15) is 4.31 Å². The number of nitrogens with one attached hydrogen (secondary N) is 1. The first-order chi connectivity index (χ1) is 12.3. The lowest BCUT2D eigenvalue weighted by molar-refractivity contribution is -0.121. The van der Waals surface area contributed by atoms with Gasteiger partial charge in [0.15, 0.2) is 0 Å². The van der Waals surface area contributed by atoms with Gasteiger partial charge in [0, 0.05) is 13.1 Å². The molecule has 0 bridgehead atoms. The molecular weight excluding hydrogens is 348 g/mol. The Labute approximate surface area is 155 Å². The number of rotatable bonds is 8. The standard InChI is InChI=1S/C20H24N2O3S/c1-4-12-21-20(23)15-22(14-18-8-6-5-7-9-18)26(24,25)19-13-16(2)10-11-17(19)3/h4-11,13H,1,12,14-15H2,2-3H3,(H,21,23). The van der Waals surface area contributed by atoms with E-state index in [1.54, 1.807) is 25.1 Å². The minimum absolute atomic E-state index is 0.123. The van der Waals surface area contributed by atoms with Crippen molar-refractivity contribution >= 4 is 15.9 Å². The Morgan fingerprint density at radius 2 is 1.85 bits per heavy atom. The van der Waals surface area contributed by atoms with E-state index in [2.05, 4.69) is 11.9 Å². The van der Waals surface area contributed by atoms with Gasteiger partial charge in [-0.1, -0.05) is 48.5 Å². The van der Waals surface area contributed by atoms with Gasteiger partial charge in [0.1, 0.15) is 0 Å². The number of benzene rings is 2. The molecule has 0 atom stereocenters. The fraction of sp³-hybridized carbons (Fsp3) is 0.250. The van der Waals surface area contributed by atoms with Crippen molar-refractivity contribution in [3.05, 3.63) is 77.9 Å². The summed E-state index contributed by atoms with van der Waals surface area (Å²) in [7, 11) is -3.83. The summed E-state index contributed by atoms with van der Waals surface area (Å²) in [5.74, 6) is -0.366. The highest BCUT2D eigenvalue weighted by Crippen LogP contribution is 2.23. The molecule has 5 nitrogen and oxygen atoms in total. The van der Waals surface area contributed by atoms with Crippen LogP contribution in [0.4, 0.5) is 0 Å². The van der Waals surface area contributed by atoms with Crippen molar-refractivity contribution in [1.82, 2.24) is 9.62 Å². The van der Waals surface area contributed by atoms with Gasteiger partial charge in [-0.3, -0.25) is 4.79 Å². The van der Waals surface area contributed by atoms with Gasteiger partial charge >= 0.3 is 0 Å². The number of aryl methyl sites for hydroxylation is 2. The van der Waals surface area contributed by atoms with E-state index in [0.717, 1.165) is 11.1 Å². The summed E-state index contributed by atoms with van der Waals surface area (Å²) in [5, 5.41) is 2.64. The molecule has 0 saturated carbocycles. The van der Waals surface area contributed by atoms with Crippen LogP contribution in [0.5, 0.6) is 0 Å². The van der Waals surface area contributed by atoms with E-state index in [9.17, 15) is 13.2 Å².